The van der Waals surface area contributed by atoms with E-state index in [1.165, 1.54) is 55.1 Å². The quantitative estimate of drug-likeness (QED) is 0.441. The summed E-state index contributed by atoms with van der Waals surface area (Å²) in [5.74, 6) is -0.204. The van der Waals surface area contributed by atoms with Gasteiger partial charge < -0.3 is 14.8 Å². The molecule has 0 radical (unpaired) electrons. The van der Waals surface area contributed by atoms with Crippen molar-refractivity contribution in [3.05, 3.63) is 82.7 Å². The van der Waals surface area contributed by atoms with Crippen molar-refractivity contribution < 1.29 is 4.39 Å². The van der Waals surface area contributed by atoms with Crippen LogP contribution in [0.4, 0.5) is 10.1 Å². The minimum absolute atomic E-state index is 0.0687. The number of nitrogens with zero attached hydrogens (tertiary/aromatic N) is 3. The zero-order valence-electron chi connectivity index (χ0n) is 19.5. The summed E-state index contributed by atoms with van der Waals surface area (Å²) in [6, 6.07) is 14.0. The summed E-state index contributed by atoms with van der Waals surface area (Å²) in [5, 5.41) is 4.17. The van der Waals surface area contributed by atoms with E-state index < -0.39 is 0 Å². The van der Waals surface area contributed by atoms with Gasteiger partial charge in [0, 0.05) is 29.3 Å². The van der Waals surface area contributed by atoms with E-state index in [1.807, 2.05) is 36.5 Å². The van der Waals surface area contributed by atoms with Crippen LogP contribution in [0.3, 0.4) is 0 Å². The largest absolute Gasteiger partial charge is 0.351 e. The Morgan fingerprint density at radius 2 is 1.82 bits per heavy atom. The van der Waals surface area contributed by atoms with Crippen molar-refractivity contribution in [2.45, 2.75) is 71.0 Å². The van der Waals surface area contributed by atoms with E-state index in [1.54, 1.807) is 6.92 Å². The second-order valence-corrected chi connectivity index (χ2v) is 9.81. The van der Waals surface area contributed by atoms with Gasteiger partial charge in [0.15, 0.2) is 5.11 Å². The van der Waals surface area contributed by atoms with E-state index in [4.69, 9.17) is 12.2 Å². The summed E-state index contributed by atoms with van der Waals surface area (Å²) in [6.07, 6.45) is 8.23. The van der Waals surface area contributed by atoms with Crippen LogP contribution in [0.5, 0.6) is 0 Å². The van der Waals surface area contributed by atoms with Crippen molar-refractivity contribution in [2.24, 2.45) is 0 Å². The van der Waals surface area contributed by atoms with Crippen LogP contribution in [0, 0.1) is 26.6 Å². The van der Waals surface area contributed by atoms with Crippen molar-refractivity contribution in [1.29, 1.82) is 0 Å². The maximum absolute atomic E-state index is 14.1. The lowest BCUT2D eigenvalue weighted by atomic mass is 9.94. The number of pyridine rings is 1. The SMILES string of the molecule is Cc1cc(N2C(=S)N[C@@H](c3ccccn3)[C@H]2c2cc(C)n(C3CCCCC3)c2C)ccc1F. The van der Waals surface area contributed by atoms with Gasteiger partial charge >= 0.3 is 0 Å². The Bertz CT molecular complexity index is 1170. The van der Waals surface area contributed by atoms with Gasteiger partial charge in [-0.1, -0.05) is 25.3 Å². The molecule has 33 heavy (non-hydrogen) atoms. The molecule has 0 amide bonds. The molecule has 0 bridgehead atoms. The third-order valence-corrected chi connectivity index (χ3v) is 7.61. The highest BCUT2D eigenvalue weighted by Crippen LogP contribution is 2.44. The molecule has 2 aromatic heterocycles. The Morgan fingerprint density at radius 3 is 2.52 bits per heavy atom. The first kappa shape index (κ1) is 22.1. The summed E-state index contributed by atoms with van der Waals surface area (Å²) in [7, 11) is 0. The molecule has 0 spiro atoms. The Morgan fingerprint density at radius 1 is 1.03 bits per heavy atom. The normalized spacial score (nSPS) is 21.5. The van der Waals surface area contributed by atoms with E-state index in [0.29, 0.717) is 16.7 Å². The maximum atomic E-state index is 14.1. The molecule has 2 aliphatic rings. The Hall–Kier alpha value is -2.73. The van der Waals surface area contributed by atoms with Gasteiger partial charge in [-0.05, 0) is 93.4 Å². The molecule has 2 atom stereocenters. The Kier molecular flexibility index (Phi) is 5.95. The first-order chi connectivity index (χ1) is 16.0. The molecule has 0 unspecified atom stereocenters. The smallest absolute Gasteiger partial charge is 0.174 e. The van der Waals surface area contributed by atoms with Crippen LogP contribution in [0.25, 0.3) is 0 Å². The van der Waals surface area contributed by atoms with Gasteiger partial charge in [-0.25, -0.2) is 4.39 Å². The van der Waals surface area contributed by atoms with E-state index in [2.05, 4.69) is 39.7 Å². The summed E-state index contributed by atoms with van der Waals surface area (Å²) in [5.41, 5.74) is 6.31. The Labute approximate surface area is 200 Å². The average molecular weight is 463 g/mol. The monoisotopic (exact) mass is 462 g/mol. The van der Waals surface area contributed by atoms with Crippen LogP contribution in [0.15, 0.2) is 48.7 Å². The second-order valence-electron chi connectivity index (χ2n) is 9.42. The number of hydrogen-bond acceptors (Lipinski definition) is 2. The third kappa shape index (κ3) is 3.95. The minimum atomic E-state index is -0.204. The highest BCUT2D eigenvalue weighted by Gasteiger charge is 2.42. The van der Waals surface area contributed by atoms with Gasteiger partial charge in [0.05, 0.1) is 17.8 Å². The lowest BCUT2D eigenvalue weighted by molar-refractivity contribution is 0.345. The molecule has 1 N–H and O–H groups in total. The summed E-state index contributed by atoms with van der Waals surface area (Å²) in [4.78, 5) is 6.81. The lowest BCUT2D eigenvalue weighted by Gasteiger charge is -2.30. The number of anilines is 1. The van der Waals surface area contributed by atoms with E-state index in [-0.39, 0.29) is 17.9 Å². The molecule has 1 aromatic carbocycles. The molecule has 5 rings (SSSR count). The van der Waals surface area contributed by atoms with Crippen molar-refractivity contribution in [2.75, 3.05) is 4.90 Å². The van der Waals surface area contributed by atoms with Gasteiger partial charge in [0.2, 0.25) is 0 Å². The Balaban J connectivity index is 1.64. The highest BCUT2D eigenvalue weighted by molar-refractivity contribution is 7.80. The molecular weight excluding hydrogens is 431 g/mol. The number of rotatable bonds is 4. The molecule has 2 fully saturated rings. The topological polar surface area (TPSA) is 33.1 Å². The number of halogens is 1. The minimum Gasteiger partial charge on any atom is -0.351 e. The molecule has 1 saturated carbocycles. The molecule has 1 aliphatic heterocycles. The van der Waals surface area contributed by atoms with Crippen LogP contribution in [-0.4, -0.2) is 14.7 Å². The zero-order valence-corrected chi connectivity index (χ0v) is 20.3. The van der Waals surface area contributed by atoms with Crippen LogP contribution >= 0.6 is 12.2 Å². The van der Waals surface area contributed by atoms with Crippen LogP contribution in [0.2, 0.25) is 0 Å². The van der Waals surface area contributed by atoms with Gasteiger partial charge in [0.25, 0.3) is 0 Å². The number of hydrogen-bond donors (Lipinski definition) is 1. The second kappa shape index (κ2) is 8.90. The molecule has 3 heterocycles. The number of aromatic nitrogens is 2. The van der Waals surface area contributed by atoms with Crippen molar-refractivity contribution in [3.63, 3.8) is 0 Å². The van der Waals surface area contributed by atoms with Crippen LogP contribution in [-0.2, 0) is 0 Å². The molecule has 1 saturated heterocycles. The maximum Gasteiger partial charge on any atom is 0.174 e. The first-order valence-electron chi connectivity index (χ1n) is 11.9. The van der Waals surface area contributed by atoms with Crippen LogP contribution in [0.1, 0.15) is 78.4 Å². The van der Waals surface area contributed by atoms with E-state index >= 15 is 0 Å². The van der Waals surface area contributed by atoms with Gasteiger partial charge in [0.1, 0.15) is 5.82 Å². The predicted molar refractivity (Wildman–Crippen MR) is 135 cm³/mol. The average Bonchev–Trinajstić information content (AvgIpc) is 3.32. The number of nitrogens with one attached hydrogen (secondary N) is 1. The fraction of sp³-hybridized carbons (Fsp3) is 0.407. The molecule has 4 nitrogen and oxygen atoms in total. The summed E-state index contributed by atoms with van der Waals surface area (Å²) >= 11 is 5.85. The number of benzene rings is 1. The van der Waals surface area contributed by atoms with E-state index in [0.717, 1.165) is 11.4 Å². The third-order valence-electron chi connectivity index (χ3n) is 7.30. The zero-order chi connectivity index (χ0) is 23.1. The van der Waals surface area contributed by atoms with Gasteiger partial charge in [-0.2, -0.15) is 0 Å². The summed E-state index contributed by atoms with van der Waals surface area (Å²) in [6.45, 7) is 6.25. The van der Waals surface area contributed by atoms with Gasteiger partial charge in [-0.3, -0.25) is 4.98 Å². The fourth-order valence-electron chi connectivity index (χ4n) is 5.73. The number of thiocarbonyl (C=S) groups is 1. The molecule has 3 aromatic rings. The number of aryl methyl sites for hydroxylation is 2. The van der Waals surface area contributed by atoms with E-state index in [9.17, 15) is 4.39 Å². The molecule has 172 valence electrons. The van der Waals surface area contributed by atoms with Crippen molar-refractivity contribution in [1.82, 2.24) is 14.9 Å². The highest BCUT2D eigenvalue weighted by atomic mass is 32.1. The molecule has 6 heteroatoms. The molecule has 1 aliphatic carbocycles. The summed E-state index contributed by atoms with van der Waals surface area (Å²) < 4.78 is 16.6. The fourth-order valence-corrected chi connectivity index (χ4v) is 6.08. The first-order valence-corrected chi connectivity index (χ1v) is 12.3. The van der Waals surface area contributed by atoms with Crippen molar-refractivity contribution in [3.8, 4) is 0 Å². The molecular formula is C27H31FN4S. The lowest BCUT2D eigenvalue weighted by Crippen LogP contribution is -2.29. The standard InChI is InChI=1S/C27H31FN4S/c1-17-15-21(12-13-23(17)28)32-26(25(30-27(32)33)24-11-7-8-14-29-24)22-16-18(2)31(19(22)3)20-9-5-4-6-10-20/h7-8,11-16,20,25-26H,4-6,9-10H2,1-3H3,(H,30,33)/t25-,26+/m0/s1. The van der Waals surface area contributed by atoms with Gasteiger partial charge in [-0.15, -0.1) is 0 Å². The van der Waals surface area contributed by atoms with Crippen molar-refractivity contribution >= 4 is 23.0 Å². The van der Waals surface area contributed by atoms with Crippen LogP contribution < -0.4 is 10.2 Å². The predicted octanol–water partition coefficient (Wildman–Crippen LogP) is 6.63.